The lowest BCUT2D eigenvalue weighted by Crippen LogP contribution is -2.00. The topological polar surface area (TPSA) is 109 Å². The summed E-state index contributed by atoms with van der Waals surface area (Å²) in [5, 5.41) is 25.3. The van der Waals surface area contributed by atoms with Gasteiger partial charge in [-0.05, 0) is 43.4 Å². The zero-order chi connectivity index (χ0) is 22.3. The van der Waals surface area contributed by atoms with Crippen molar-refractivity contribution in [2.75, 3.05) is 0 Å². The second kappa shape index (κ2) is 6.11. The predicted molar refractivity (Wildman–Crippen MR) is 119 cm³/mol. The number of ketones is 4. The van der Waals surface area contributed by atoms with E-state index in [2.05, 4.69) is 0 Å². The van der Waals surface area contributed by atoms with Crippen LogP contribution < -0.4 is 0 Å². The Morgan fingerprint density at radius 1 is 0.500 bits per heavy atom. The molecule has 32 heavy (non-hydrogen) atoms. The van der Waals surface area contributed by atoms with Crippen molar-refractivity contribution in [3.8, 4) is 0 Å². The number of benzene rings is 4. The van der Waals surface area contributed by atoms with Gasteiger partial charge in [-0.3, -0.25) is 19.2 Å². The third-order valence-corrected chi connectivity index (χ3v) is 6.41. The van der Waals surface area contributed by atoms with E-state index in [1.807, 2.05) is 36.4 Å². The predicted octanol–water partition coefficient (Wildman–Crippen LogP) is 4.21. The molecule has 0 aliphatic heterocycles. The monoisotopic (exact) mass is 422 g/mol. The highest BCUT2D eigenvalue weighted by Gasteiger charge is 2.34. The maximum atomic E-state index is 12.4. The summed E-state index contributed by atoms with van der Waals surface area (Å²) in [6.45, 7) is 0. The summed E-state index contributed by atoms with van der Waals surface area (Å²) in [6, 6.07) is 14.5. The fraction of sp³-hybridized carbons (Fsp3) is 0.0769. The zero-order valence-electron chi connectivity index (χ0n) is 16.6. The van der Waals surface area contributed by atoms with Crippen LogP contribution >= 0.6 is 0 Å². The highest BCUT2D eigenvalue weighted by molar-refractivity contribution is 6.41. The normalized spacial score (nSPS) is 17.4. The summed E-state index contributed by atoms with van der Waals surface area (Å²) in [5.41, 5.74) is 0.981. The van der Waals surface area contributed by atoms with Gasteiger partial charge in [0, 0.05) is 0 Å². The SMILES string of the molecule is O=C1CC(=O)C(c2ccc3ccc4c(C5=C(O)C(=O)CC5=O)ccc5ccc2c3c54)=C1O. The molecule has 0 aromatic heterocycles. The molecule has 0 atom stereocenters. The van der Waals surface area contributed by atoms with Gasteiger partial charge < -0.3 is 10.2 Å². The van der Waals surface area contributed by atoms with Crippen LogP contribution in [-0.2, 0) is 19.2 Å². The largest absolute Gasteiger partial charge is 0.504 e. The Labute approximate surface area is 180 Å². The quantitative estimate of drug-likeness (QED) is 0.370. The van der Waals surface area contributed by atoms with E-state index < -0.39 is 34.7 Å². The highest BCUT2D eigenvalue weighted by Crippen LogP contribution is 2.42. The number of aliphatic hydroxyl groups excluding tert-OH is 2. The van der Waals surface area contributed by atoms with Crippen molar-refractivity contribution in [1.82, 2.24) is 0 Å². The van der Waals surface area contributed by atoms with Crippen LogP contribution in [0.15, 0.2) is 60.0 Å². The van der Waals surface area contributed by atoms with Gasteiger partial charge in [-0.15, -0.1) is 0 Å². The molecule has 0 saturated heterocycles. The summed E-state index contributed by atoms with van der Waals surface area (Å²) in [5.74, 6) is -3.07. The molecule has 6 heteroatoms. The molecule has 0 radical (unpaired) electrons. The number of Topliss-reactive ketones (excluding diaryl/α,β-unsaturated/α-hetero) is 4. The summed E-state index contributed by atoms with van der Waals surface area (Å²) >= 11 is 0. The third kappa shape index (κ3) is 2.23. The van der Waals surface area contributed by atoms with E-state index in [4.69, 9.17) is 0 Å². The number of allylic oxidation sites excluding steroid dienone is 4. The average molecular weight is 422 g/mol. The van der Waals surface area contributed by atoms with Gasteiger partial charge in [0.1, 0.15) is 0 Å². The molecule has 2 aliphatic carbocycles. The Hall–Kier alpha value is -4.32. The lowest BCUT2D eigenvalue weighted by atomic mass is 9.86. The van der Waals surface area contributed by atoms with Gasteiger partial charge >= 0.3 is 0 Å². The number of hydrogen-bond acceptors (Lipinski definition) is 6. The molecule has 4 aromatic carbocycles. The van der Waals surface area contributed by atoms with Gasteiger partial charge in [0.2, 0.25) is 11.6 Å². The molecule has 0 spiro atoms. The van der Waals surface area contributed by atoms with E-state index in [1.165, 1.54) is 0 Å². The fourth-order valence-electron chi connectivity index (χ4n) is 4.97. The Morgan fingerprint density at radius 2 is 0.875 bits per heavy atom. The maximum Gasteiger partial charge on any atom is 0.205 e. The van der Waals surface area contributed by atoms with Crippen molar-refractivity contribution < 1.29 is 29.4 Å². The number of carbonyl (C=O) groups is 4. The Bertz CT molecular complexity index is 1530. The van der Waals surface area contributed by atoms with Gasteiger partial charge in [-0.25, -0.2) is 0 Å². The van der Waals surface area contributed by atoms with E-state index in [0.29, 0.717) is 21.9 Å². The van der Waals surface area contributed by atoms with Crippen molar-refractivity contribution in [2.24, 2.45) is 0 Å². The van der Waals surface area contributed by atoms with Gasteiger partial charge in [-0.2, -0.15) is 0 Å². The molecule has 0 amide bonds. The van der Waals surface area contributed by atoms with Crippen molar-refractivity contribution in [2.45, 2.75) is 12.8 Å². The molecule has 2 aliphatic rings. The molecule has 0 fully saturated rings. The molecule has 2 N–H and O–H groups in total. The Kier molecular flexibility index (Phi) is 3.52. The van der Waals surface area contributed by atoms with Crippen LogP contribution in [0, 0.1) is 0 Å². The van der Waals surface area contributed by atoms with Gasteiger partial charge in [0.05, 0.1) is 24.0 Å². The van der Waals surface area contributed by atoms with Crippen molar-refractivity contribution >= 4 is 66.6 Å². The number of hydrogen-bond donors (Lipinski definition) is 2. The lowest BCUT2D eigenvalue weighted by molar-refractivity contribution is -0.123. The number of aliphatic hydroxyl groups is 2. The molecule has 6 nitrogen and oxygen atoms in total. The second-order valence-corrected chi connectivity index (χ2v) is 8.14. The summed E-state index contributed by atoms with van der Waals surface area (Å²) in [6.07, 6.45) is -0.701. The minimum Gasteiger partial charge on any atom is -0.504 e. The average Bonchev–Trinajstić information content (AvgIpc) is 3.18. The third-order valence-electron chi connectivity index (χ3n) is 6.41. The molecule has 0 heterocycles. The molecule has 6 rings (SSSR count). The number of carbonyl (C=O) groups excluding carboxylic acids is 4. The summed E-state index contributed by atoms with van der Waals surface area (Å²) < 4.78 is 0. The first-order valence-corrected chi connectivity index (χ1v) is 10.1. The van der Waals surface area contributed by atoms with Crippen LogP contribution in [0.2, 0.25) is 0 Å². The highest BCUT2D eigenvalue weighted by atomic mass is 16.3. The molecular weight excluding hydrogens is 408 g/mol. The van der Waals surface area contributed by atoms with Crippen LogP contribution in [0.3, 0.4) is 0 Å². The van der Waals surface area contributed by atoms with Crippen molar-refractivity contribution in [3.05, 3.63) is 71.2 Å². The van der Waals surface area contributed by atoms with Crippen LogP contribution in [0.5, 0.6) is 0 Å². The fourth-order valence-corrected chi connectivity index (χ4v) is 4.97. The lowest BCUT2D eigenvalue weighted by Gasteiger charge is -2.16. The Morgan fingerprint density at radius 3 is 1.22 bits per heavy atom. The van der Waals surface area contributed by atoms with E-state index in [0.717, 1.165) is 21.5 Å². The molecule has 0 saturated carbocycles. The first-order chi connectivity index (χ1) is 15.4. The maximum absolute atomic E-state index is 12.4. The van der Waals surface area contributed by atoms with Crippen LogP contribution in [-0.4, -0.2) is 33.3 Å². The second-order valence-electron chi connectivity index (χ2n) is 8.14. The van der Waals surface area contributed by atoms with Crippen molar-refractivity contribution in [1.29, 1.82) is 0 Å². The first kappa shape index (κ1) is 18.4. The molecular formula is C26H14O6. The van der Waals surface area contributed by atoms with Gasteiger partial charge in [0.25, 0.3) is 0 Å². The molecule has 0 bridgehead atoms. The van der Waals surface area contributed by atoms with E-state index >= 15 is 0 Å². The first-order valence-electron chi connectivity index (χ1n) is 10.1. The smallest absolute Gasteiger partial charge is 0.205 e. The minimum atomic E-state index is -0.593. The van der Waals surface area contributed by atoms with E-state index in [1.54, 1.807) is 12.1 Å². The van der Waals surface area contributed by atoms with E-state index in [9.17, 15) is 29.4 Å². The van der Waals surface area contributed by atoms with Crippen LogP contribution in [0.4, 0.5) is 0 Å². The van der Waals surface area contributed by atoms with E-state index in [-0.39, 0.29) is 24.0 Å². The van der Waals surface area contributed by atoms with Gasteiger partial charge in [0.15, 0.2) is 23.1 Å². The molecule has 154 valence electrons. The standard InChI is InChI=1S/C26H14O6/c27-17-9-19(29)25(31)23(17)15-8-4-12-2-6-14-16(24-18(28)10-20(30)26(24)32)7-3-11-1-5-13(15)22(12)21(11)14/h1-8,31-32H,9-10H2. The number of rotatable bonds is 2. The van der Waals surface area contributed by atoms with Gasteiger partial charge in [-0.1, -0.05) is 48.5 Å². The molecule has 0 unspecified atom stereocenters. The van der Waals surface area contributed by atoms with Crippen LogP contribution in [0.1, 0.15) is 24.0 Å². The van der Waals surface area contributed by atoms with Crippen LogP contribution in [0.25, 0.3) is 43.5 Å². The Balaban J connectivity index is 1.74. The summed E-state index contributed by atoms with van der Waals surface area (Å²) in [4.78, 5) is 48.7. The summed E-state index contributed by atoms with van der Waals surface area (Å²) in [7, 11) is 0. The minimum absolute atomic E-state index is 0.0186. The molecule has 4 aromatic rings. The zero-order valence-corrected chi connectivity index (χ0v) is 16.6. The van der Waals surface area contributed by atoms with Crippen molar-refractivity contribution in [3.63, 3.8) is 0 Å².